The minimum absolute atomic E-state index is 0.229. The second-order valence-corrected chi connectivity index (χ2v) is 6.69. The molecule has 6 nitrogen and oxygen atoms in total. The van der Waals surface area contributed by atoms with Gasteiger partial charge in [-0.25, -0.2) is 0 Å². The van der Waals surface area contributed by atoms with E-state index >= 15 is 0 Å². The monoisotopic (exact) mass is 340 g/mol. The minimum atomic E-state index is -0.931. The molecular weight excluding hydrogens is 311 g/mol. The number of allylic oxidation sites excluding steroid dienone is 2. The van der Waals surface area contributed by atoms with Gasteiger partial charge in [-0.15, -0.1) is 0 Å². The van der Waals surface area contributed by atoms with E-state index in [1.165, 1.54) is 0 Å². The Labute approximate surface area is 145 Å². The van der Waals surface area contributed by atoms with Gasteiger partial charge in [-0.05, 0) is 48.0 Å². The molecule has 0 atom stereocenters. The Bertz CT molecular complexity index is 438. The van der Waals surface area contributed by atoms with Gasteiger partial charge < -0.3 is 18.8 Å². The summed E-state index contributed by atoms with van der Waals surface area (Å²) in [4.78, 5) is 23.7. The van der Waals surface area contributed by atoms with Crippen molar-refractivity contribution in [1.29, 1.82) is 0 Å². The molecule has 0 unspecified atom stereocenters. The van der Waals surface area contributed by atoms with E-state index in [4.69, 9.17) is 18.8 Å². The molecule has 1 fully saturated rings. The molecule has 1 aliphatic rings. The van der Waals surface area contributed by atoms with Crippen LogP contribution in [0.4, 0.5) is 0 Å². The Morgan fingerprint density at radius 3 is 1.83 bits per heavy atom. The molecule has 0 aromatic rings. The molecule has 24 heavy (non-hydrogen) atoms. The van der Waals surface area contributed by atoms with Crippen LogP contribution in [-0.2, 0) is 28.4 Å². The standard InChI is InChI=1S/C17H29BO6/c1-7-21-14(19)13(15(20)22-8-2)11-9-10-12-18-23-16(3,4)17(5,6)24-18/h9-10,13H,7-8,11-12H2,1-6H3/b10-9+. The Morgan fingerprint density at radius 1 is 0.958 bits per heavy atom. The van der Waals surface area contributed by atoms with Crippen LogP contribution in [0.5, 0.6) is 0 Å². The van der Waals surface area contributed by atoms with Gasteiger partial charge >= 0.3 is 19.1 Å². The van der Waals surface area contributed by atoms with Crippen molar-refractivity contribution < 1.29 is 28.4 Å². The van der Waals surface area contributed by atoms with Crippen LogP contribution < -0.4 is 0 Å². The molecule has 1 aliphatic heterocycles. The first-order valence-corrected chi connectivity index (χ1v) is 8.48. The molecule has 0 N–H and O–H groups in total. The fourth-order valence-corrected chi connectivity index (χ4v) is 2.28. The van der Waals surface area contributed by atoms with Gasteiger partial charge in [0.25, 0.3) is 0 Å². The van der Waals surface area contributed by atoms with Crippen LogP contribution in [0.3, 0.4) is 0 Å². The third kappa shape index (κ3) is 5.35. The molecule has 1 heterocycles. The lowest BCUT2D eigenvalue weighted by Crippen LogP contribution is -2.41. The highest BCUT2D eigenvalue weighted by atomic mass is 16.7. The number of rotatable bonds is 8. The Morgan fingerprint density at radius 2 is 1.42 bits per heavy atom. The second-order valence-electron chi connectivity index (χ2n) is 6.69. The fourth-order valence-electron chi connectivity index (χ4n) is 2.28. The van der Waals surface area contributed by atoms with E-state index in [-0.39, 0.29) is 38.0 Å². The number of ether oxygens (including phenoxy) is 2. The molecule has 0 amide bonds. The van der Waals surface area contributed by atoms with Crippen molar-refractivity contribution in [3.63, 3.8) is 0 Å². The zero-order valence-corrected chi connectivity index (χ0v) is 15.6. The first kappa shape index (κ1) is 20.7. The van der Waals surface area contributed by atoms with Crippen molar-refractivity contribution in [2.75, 3.05) is 13.2 Å². The topological polar surface area (TPSA) is 71.1 Å². The van der Waals surface area contributed by atoms with Gasteiger partial charge in [0.2, 0.25) is 0 Å². The Kier molecular flexibility index (Phi) is 7.48. The molecular formula is C17H29BO6. The Balaban J connectivity index is 2.56. The lowest BCUT2D eigenvalue weighted by atomic mass is 9.84. The van der Waals surface area contributed by atoms with Crippen molar-refractivity contribution in [3.8, 4) is 0 Å². The quantitative estimate of drug-likeness (QED) is 0.293. The lowest BCUT2D eigenvalue weighted by Gasteiger charge is -2.32. The van der Waals surface area contributed by atoms with Gasteiger partial charge in [-0.3, -0.25) is 9.59 Å². The van der Waals surface area contributed by atoms with Gasteiger partial charge in [0.1, 0.15) is 0 Å². The highest BCUT2D eigenvalue weighted by Gasteiger charge is 2.50. The van der Waals surface area contributed by atoms with Crippen molar-refractivity contribution in [3.05, 3.63) is 12.2 Å². The van der Waals surface area contributed by atoms with E-state index in [0.29, 0.717) is 6.32 Å². The van der Waals surface area contributed by atoms with Crippen LogP contribution in [0.1, 0.15) is 48.0 Å². The summed E-state index contributed by atoms with van der Waals surface area (Å²) in [5, 5.41) is 0. The first-order chi connectivity index (χ1) is 11.1. The number of carbonyl (C=O) groups is 2. The third-order valence-corrected chi connectivity index (χ3v) is 4.31. The number of hydrogen-bond donors (Lipinski definition) is 0. The minimum Gasteiger partial charge on any atom is -0.465 e. The molecule has 0 aromatic heterocycles. The van der Waals surface area contributed by atoms with Crippen LogP contribution in [0.25, 0.3) is 0 Å². The lowest BCUT2D eigenvalue weighted by molar-refractivity contribution is -0.161. The van der Waals surface area contributed by atoms with E-state index in [2.05, 4.69) is 0 Å². The average Bonchev–Trinajstić information content (AvgIpc) is 2.66. The summed E-state index contributed by atoms with van der Waals surface area (Å²) in [6.07, 6.45) is 4.40. The number of carbonyl (C=O) groups excluding carboxylic acids is 2. The summed E-state index contributed by atoms with van der Waals surface area (Å²) in [5.74, 6) is -2.05. The van der Waals surface area contributed by atoms with Crippen LogP contribution in [0, 0.1) is 5.92 Å². The molecule has 1 saturated heterocycles. The third-order valence-electron chi connectivity index (χ3n) is 4.31. The van der Waals surface area contributed by atoms with E-state index in [1.54, 1.807) is 19.9 Å². The molecule has 0 saturated carbocycles. The summed E-state index contributed by atoms with van der Waals surface area (Å²) in [5.41, 5.74) is -0.742. The molecule has 1 rings (SSSR count). The maximum absolute atomic E-state index is 11.9. The summed E-state index contributed by atoms with van der Waals surface area (Å²) in [6.45, 7) is 11.8. The zero-order valence-electron chi connectivity index (χ0n) is 15.6. The van der Waals surface area contributed by atoms with Gasteiger partial charge in [-0.2, -0.15) is 0 Å². The van der Waals surface area contributed by atoms with Gasteiger partial charge in [0, 0.05) is 6.32 Å². The SMILES string of the molecule is CCOC(=O)C(C/C=C/CB1OC(C)(C)C(C)(C)O1)C(=O)OCC. The largest absolute Gasteiger partial charge is 0.465 e. The Hall–Kier alpha value is -1.34. The summed E-state index contributed by atoms with van der Waals surface area (Å²) < 4.78 is 21.6. The van der Waals surface area contributed by atoms with E-state index < -0.39 is 17.9 Å². The molecule has 136 valence electrons. The van der Waals surface area contributed by atoms with Crippen molar-refractivity contribution >= 4 is 19.1 Å². The van der Waals surface area contributed by atoms with E-state index in [1.807, 2.05) is 33.8 Å². The van der Waals surface area contributed by atoms with Gasteiger partial charge in [-0.1, -0.05) is 12.2 Å². The van der Waals surface area contributed by atoms with E-state index in [0.717, 1.165) is 0 Å². The summed E-state index contributed by atoms with van der Waals surface area (Å²) >= 11 is 0. The molecule has 0 radical (unpaired) electrons. The van der Waals surface area contributed by atoms with Crippen molar-refractivity contribution in [1.82, 2.24) is 0 Å². The van der Waals surface area contributed by atoms with Crippen LogP contribution in [-0.4, -0.2) is 43.5 Å². The maximum Gasteiger partial charge on any atom is 0.461 e. The number of hydrogen-bond acceptors (Lipinski definition) is 6. The first-order valence-electron chi connectivity index (χ1n) is 8.48. The van der Waals surface area contributed by atoms with Gasteiger partial charge in [0.05, 0.1) is 24.4 Å². The van der Waals surface area contributed by atoms with E-state index in [9.17, 15) is 9.59 Å². The van der Waals surface area contributed by atoms with Crippen LogP contribution in [0.2, 0.25) is 6.32 Å². The highest BCUT2D eigenvalue weighted by Crippen LogP contribution is 2.37. The summed E-state index contributed by atoms with van der Waals surface area (Å²) in [6, 6.07) is 0. The fraction of sp³-hybridized carbons (Fsp3) is 0.765. The van der Waals surface area contributed by atoms with Crippen LogP contribution >= 0.6 is 0 Å². The highest BCUT2D eigenvalue weighted by molar-refractivity contribution is 6.46. The average molecular weight is 340 g/mol. The van der Waals surface area contributed by atoms with Crippen LogP contribution in [0.15, 0.2) is 12.2 Å². The predicted octanol–water partition coefficient (Wildman–Crippen LogP) is 2.77. The van der Waals surface area contributed by atoms with Gasteiger partial charge in [0.15, 0.2) is 5.92 Å². The maximum atomic E-state index is 11.9. The molecule has 0 aliphatic carbocycles. The number of esters is 2. The molecule has 7 heteroatoms. The molecule has 0 aromatic carbocycles. The summed E-state index contributed by atoms with van der Waals surface area (Å²) in [7, 11) is -0.338. The molecule has 0 bridgehead atoms. The zero-order chi connectivity index (χ0) is 18.4. The smallest absolute Gasteiger partial charge is 0.461 e. The van der Waals surface area contributed by atoms with Crippen molar-refractivity contribution in [2.45, 2.75) is 65.5 Å². The van der Waals surface area contributed by atoms with Crippen molar-refractivity contribution in [2.24, 2.45) is 5.92 Å². The second kappa shape index (κ2) is 8.67. The predicted molar refractivity (Wildman–Crippen MR) is 91.4 cm³/mol. The normalized spacial score (nSPS) is 19.0. The molecule has 0 spiro atoms.